The van der Waals surface area contributed by atoms with Gasteiger partial charge in [-0.1, -0.05) is 23.9 Å². The maximum atomic E-state index is 15.4. The van der Waals surface area contributed by atoms with Crippen molar-refractivity contribution in [2.75, 3.05) is 40.0 Å². The standard InChI is InChI=1S/C35H38F3N3O2S/c1-23-19-25(6-11-32(23)42-3)35(2)13-4-5-31-33(35)41(27-9-7-26(36)8-10-27)34(39-31)44-22-28-29(37)20-24(21-30(28)38)12-14-40-15-17-43-18-16-40/h6-11,19-21H,4-5,12-18,22H2,1-3H3. The number of aromatic nitrogens is 2. The van der Waals surface area contributed by atoms with Crippen LogP contribution in [0.3, 0.4) is 0 Å². The molecule has 2 aliphatic rings. The van der Waals surface area contributed by atoms with Crippen LogP contribution in [0.15, 0.2) is 59.8 Å². The molecule has 1 aliphatic heterocycles. The summed E-state index contributed by atoms with van der Waals surface area (Å²) in [6.07, 6.45) is 3.22. The summed E-state index contributed by atoms with van der Waals surface area (Å²) in [7, 11) is 1.67. The summed E-state index contributed by atoms with van der Waals surface area (Å²) in [6, 6.07) is 15.5. The maximum Gasteiger partial charge on any atom is 0.173 e. The first-order chi connectivity index (χ1) is 21.3. The molecule has 6 rings (SSSR count). The Morgan fingerprint density at radius 3 is 2.41 bits per heavy atom. The van der Waals surface area contributed by atoms with E-state index in [-0.39, 0.29) is 22.5 Å². The fourth-order valence-electron chi connectivity index (χ4n) is 6.53. The second kappa shape index (κ2) is 13.0. The van der Waals surface area contributed by atoms with Crippen molar-refractivity contribution in [1.82, 2.24) is 14.5 Å². The number of halogens is 3. The smallest absolute Gasteiger partial charge is 0.173 e. The molecule has 4 aromatic rings. The molecule has 0 amide bonds. The molecule has 5 nitrogen and oxygen atoms in total. The van der Waals surface area contributed by atoms with Gasteiger partial charge in [-0.15, -0.1) is 0 Å². The zero-order chi connectivity index (χ0) is 30.8. The van der Waals surface area contributed by atoms with E-state index in [0.717, 1.165) is 72.8 Å². The van der Waals surface area contributed by atoms with Crippen LogP contribution in [-0.4, -0.2) is 54.4 Å². The van der Waals surface area contributed by atoms with E-state index >= 15 is 8.78 Å². The summed E-state index contributed by atoms with van der Waals surface area (Å²) >= 11 is 1.30. The Kier molecular flexibility index (Phi) is 9.08. The molecule has 1 saturated heterocycles. The van der Waals surface area contributed by atoms with Crippen LogP contribution in [0.25, 0.3) is 5.69 Å². The van der Waals surface area contributed by atoms with Gasteiger partial charge in [0.1, 0.15) is 23.2 Å². The largest absolute Gasteiger partial charge is 0.496 e. The molecule has 0 saturated carbocycles. The Balaban J connectivity index is 1.33. The van der Waals surface area contributed by atoms with Crippen LogP contribution in [0.2, 0.25) is 0 Å². The van der Waals surface area contributed by atoms with E-state index in [1.165, 1.54) is 36.0 Å². The first-order valence-electron chi connectivity index (χ1n) is 15.2. The van der Waals surface area contributed by atoms with Gasteiger partial charge in [0.05, 0.1) is 31.7 Å². The Labute approximate surface area is 261 Å². The molecule has 232 valence electrons. The first kappa shape index (κ1) is 30.7. The van der Waals surface area contributed by atoms with Gasteiger partial charge in [0, 0.05) is 42.1 Å². The number of imidazole rings is 1. The molecule has 0 radical (unpaired) electrons. The van der Waals surface area contributed by atoms with Gasteiger partial charge in [0.2, 0.25) is 0 Å². The third kappa shape index (κ3) is 6.14. The van der Waals surface area contributed by atoms with Crippen LogP contribution >= 0.6 is 11.8 Å². The zero-order valence-electron chi connectivity index (χ0n) is 25.5. The van der Waals surface area contributed by atoms with Crippen LogP contribution in [0.1, 0.15) is 53.4 Å². The van der Waals surface area contributed by atoms with Gasteiger partial charge in [-0.3, -0.25) is 9.47 Å². The molecule has 2 heterocycles. The Morgan fingerprint density at radius 2 is 1.73 bits per heavy atom. The van der Waals surface area contributed by atoms with E-state index in [4.69, 9.17) is 14.5 Å². The third-order valence-electron chi connectivity index (χ3n) is 9.02. The lowest BCUT2D eigenvalue weighted by molar-refractivity contribution is 0.0384. The zero-order valence-corrected chi connectivity index (χ0v) is 26.3. The minimum atomic E-state index is -0.544. The monoisotopic (exact) mass is 621 g/mol. The van der Waals surface area contributed by atoms with Crippen LogP contribution in [-0.2, 0) is 28.7 Å². The SMILES string of the molecule is COc1ccc(C2(C)CCCc3nc(SCc4c(F)cc(CCN5CCOCC5)cc4F)n(-c4ccc(F)cc4)c32)cc1C. The van der Waals surface area contributed by atoms with Crippen molar-refractivity contribution in [3.63, 3.8) is 0 Å². The summed E-state index contributed by atoms with van der Waals surface area (Å²) in [5, 5.41) is 0.634. The molecule has 0 spiro atoms. The molecule has 0 bridgehead atoms. The summed E-state index contributed by atoms with van der Waals surface area (Å²) in [5.41, 5.74) is 5.23. The lowest BCUT2D eigenvalue weighted by atomic mass is 9.71. The predicted molar refractivity (Wildman–Crippen MR) is 168 cm³/mol. The van der Waals surface area contributed by atoms with Gasteiger partial charge in [-0.25, -0.2) is 18.2 Å². The van der Waals surface area contributed by atoms with E-state index in [0.29, 0.717) is 30.4 Å². The van der Waals surface area contributed by atoms with Crippen molar-refractivity contribution in [1.29, 1.82) is 0 Å². The summed E-state index contributed by atoms with van der Waals surface area (Å²) in [6.45, 7) is 8.04. The number of ether oxygens (including phenoxy) is 2. The predicted octanol–water partition coefficient (Wildman–Crippen LogP) is 7.42. The van der Waals surface area contributed by atoms with Gasteiger partial charge >= 0.3 is 0 Å². The quantitative estimate of drug-likeness (QED) is 0.182. The highest BCUT2D eigenvalue weighted by Crippen LogP contribution is 2.46. The second-order valence-electron chi connectivity index (χ2n) is 11.9. The van der Waals surface area contributed by atoms with Crippen molar-refractivity contribution in [2.45, 2.75) is 55.9 Å². The van der Waals surface area contributed by atoms with E-state index in [1.54, 1.807) is 19.2 Å². The highest BCUT2D eigenvalue weighted by atomic mass is 32.2. The second-order valence-corrected chi connectivity index (χ2v) is 12.8. The Hall–Kier alpha value is -3.27. The van der Waals surface area contributed by atoms with Gasteiger partial charge in [0.15, 0.2) is 5.16 Å². The Bertz CT molecular complexity index is 1610. The molecule has 1 aliphatic carbocycles. The fourth-order valence-corrected chi connectivity index (χ4v) is 7.58. The van der Waals surface area contributed by atoms with Crippen molar-refractivity contribution in [3.8, 4) is 11.4 Å². The minimum absolute atomic E-state index is 0.0327. The van der Waals surface area contributed by atoms with Gasteiger partial charge in [-0.2, -0.15) is 0 Å². The molecule has 3 aromatic carbocycles. The molecule has 44 heavy (non-hydrogen) atoms. The fraction of sp³-hybridized carbons (Fsp3) is 0.400. The number of morpholine rings is 1. The number of benzene rings is 3. The average Bonchev–Trinajstić information content (AvgIpc) is 3.40. The van der Waals surface area contributed by atoms with Gasteiger partial charge in [0.25, 0.3) is 0 Å². The van der Waals surface area contributed by atoms with E-state index in [9.17, 15) is 4.39 Å². The highest BCUT2D eigenvalue weighted by Gasteiger charge is 2.40. The number of aryl methyl sites for hydroxylation is 2. The number of hydrogen-bond donors (Lipinski definition) is 0. The number of rotatable bonds is 9. The number of nitrogens with zero attached hydrogens (tertiary/aromatic N) is 3. The molecule has 1 atom stereocenters. The number of fused-ring (bicyclic) bond motifs is 1. The van der Waals surface area contributed by atoms with Crippen LogP contribution < -0.4 is 4.74 Å². The maximum absolute atomic E-state index is 15.4. The van der Waals surface area contributed by atoms with Gasteiger partial charge in [-0.05, 0) is 98.7 Å². The highest BCUT2D eigenvalue weighted by molar-refractivity contribution is 7.98. The normalized spacial score (nSPS) is 18.8. The first-order valence-corrected chi connectivity index (χ1v) is 16.2. The topological polar surface area (TPSA) is 39.5 Å². The molecular weight excluding hydrogens is 583 g/mol. The molecule has 0 N–H and O–H groups in total. The van der Waals surface area contributed by atoms with E-state index in [2.05, 4.69) is 28.5 Å². The summed E-state index contributed by atoms with van der Waals surface area (Å²) in [4.78, 5) is 7.30. The van der Waals surface area contributed by atoms with Crippen molar-refractivity contribution < 1.29 is 22.6 Å². The molecule has 1 fully saturated rings. The molecular formula is C35H38F3N3O2S. The van der Waals surface area contributed by atoms with Gasteiger partial charge < -0.3 is 9.47 Å². The number of methoxy groups -OCH3 is 1. The minimum Gasteiger partial charge on any atom is -0.496 e. The number of thioether (sulfide) groups is 1. The Morgan fingerprint density at radius 1 is 1.00 bits per heavy atom. The third-order valence-corrected chi connectivity index (χ3v) is 9.98. The van der Waals surface area contributed by atoms with E-state index in [1.807, 2.05) is 13.0 Å². The molecule has 9 heteroatoms. The summed E-state index contributed by atoms with van der Waals surface area (Å²) < 4.78 is 57.7. The lowest BCUT2D eigenvalue weighted by Gasteiger charge is -2.36. The van der Waals surface area contributed by atoms with Crippen molar-refractivity contribution in [2.24, 2.45) is 0 Å². The van der Waals surface area contributed by atoms with Crippen molar-refractivity contribution >= 4 is 11.8 Å². The molecule has 1 unspecified atom stereocenters. The van der Waals surface area contributed by atoms with Crippen molar-refractivity contribution in [3.05, 3.63) is 106 Å². The lowest BCUT2D eigenvalue weighted by Crippen LogP contribution is -2.37. The molecule has 1 aromatic heterocycles. The number of hydrogen-bond acceptors (Lipinski definition) is 5. The van der Waals surface area contributed by atoms with Crippen LogP contribution in [0.4, 0.5) is 13.2 Å². The summed E-state index contributed by atoms with van der Waals surface area (Å²) in [5.74, 6) is -0.511. The van der Waals surface area contributed by atoms with Crippen LogP contribution in [0, 0.1) is 24.4 Å². The van der Waals surface area contributed by atoms with Crippen LogP contribution in [0.5, 0.6) is 5.75 Å². The van der Waals surface area contributed by atoms with E-state index < -0.39 is 11.6 Å². The average molecular weight is 622 g/mol.